The molecule has 3 N–H and O–H groups in total. The lowest BCUT2D eigenvalue weighted by molar-refractivity contribution is 0.416. The number of phenols is 1. The number of hydrogen-bond donors (Lipinski definition) is 2. The maximum absolute atomic E-state index is 14.2. The molecule has 0 aliphatic heterocycles. The quantitative estimate of drug-likeness (QED) is 0.340. The summed E-state index contributed by atoms with van der Waals surface area (Å²) < 4.78 is 21.5. The van der Waals surface area contributed by atoms with Crippen LogP contribution in [0.2, 0.25) is 0 Å². The van der Waals surface area contributed by atoms with E-state index in [1.807, 2.05) is 48.5 Å². The monoisotopic (exact) mass is 492 g/mol. The topological polar surface area (TPSA) is 112 Å². The maximum Gasteiger partial charge on any atom is 0.164 e. The molecule has 0 saturated carbocycles. The molecule has 9 heteroatoms. The summed E-state index contributed by atoms with van der Waals surface area (Å²) in [5.41, 5.74) is 10.7. The van der Waals surface area contributed by atoms with Crippen LogP contribution < -0.4 is 10.5 Å². The van der Waals surface area contributed by atoms with Gasteiger partial charge in [-0.2, -0.15) is 5.10 Å². The van der Waals surface area contributed by atoms with E-state index in [9.17, 15) is 9.50 Å². The molecule has 0 aliphatic carbocycles. The van der Waals surface area contributed by atoms with E-state index in [1.165, 1.54) is 18.5 Å². The van der Waals surface area contributed by atoms with Crippen molar-refractivity contribution < 1.29 is 14.2 Å². The molecule has 37 heavy (non-hydrogen) atoms. The summed E-state index contributed by atoms with van der Waals surface area (Å²) >= 11 is 0. The Bertz CT molecular complexity index is 1780. The molecular weight excluding hydrogens is 471 g/mol. The van der Waals surface area contributed by atoms with E-state index in [0.29, 0.717) is 34.6 Å². The summed E-state index contributed by atoms with van der Waals surface area (Å²) in [6, 6.07) is 21.4. The standard InChI is InChI=1S/C28H21FN6O2/c1-37-23-9-5-3-7-21(23)25-18(10-16-6-2-4-8-22(16)33-25)14-35-28-24(27(30)31-15-32-28)26(34-35)17-11-19(29)13-20(36)12-17/h2-13,15,36H,14H2,1H3,(H2,30,31,32). The lowest BCUT2D eigenvalue weighted by atomic mass is 10.0. The zero-order valence-corrected chi connectivity index (χ0v) is 19.8. The molecule has 0 spiro atoms. The fraction of sp³-hybridized carbons (Fsp3) is 0.0714. The van der Waals surface area contributed by atoms with Crippen molar-refractivity contribution in [3.05, 3.63) is 90.5 Å². The van der Waals surface area contributed by atoms with Crippen molar-refractivity contribution in [2.24, 2.45) is 0 Å². The molecule has 0 unspecified atom stereocenters. The minimum absolute atomic E-state index is 0.205. The summed E-state index contributed by atoms with van der Waals surface area (Å²) in [5, 5.41) is 16.2. The second-order valence-electron chi connectivity index (χ2n) is 8.55. The molecule has 182 valence electrons. The van der Waals surface area contributed by atoms with E-state index in [-0.39, 0.29) is 11.6 Å². The molecule has 8 nitrogen and oxygen atoms in total. The van der Waals surface area contributed by atoms with Crippen molar-refractivity contribution >= 4 is 27.8 Å². The van der Waals surface area contributed by atoms with Gasteiger partial charge in [-0.1, -0.05) is 30.3 Å². The van der Waals surface area contributed by atoms with E-state index in [0.717, 1.165) is 33.8 Å². The highest BCUT2D eigenvalue weighted by Gasteiger charge is 2.21. The van der Waals surface area contributed by atoms with Crippen LogP contribution in [0.25, 0.3) is 44.5 Å². The number of hydrogen-bond acceptors (Lipinski definition) is 7. The van der Waals surface area contributed by atoms with E-state index in [2.05, 4.69) is 16.0 Å². The Morgan fingerprint density at radius 3 is 2.62 bits per heavy atom. The molecule has 3 aromatic carbocycles. The molecule has 6 rings (SSSR count). The lowest BCUT2D eigenvalue weighted by Gasteiger charge is -2.14. The highest BCUT2D eigenvalue weighted by molar-refractivity contribution is 5.98. The van der Waals surface area contributed by atoms with Gasteiger partial charge >= 0.3 is 0 Å². The van der Waals surface area contributed by atoms with E-state index < -0.39 is 5.82 Å². The highest BCUT2D eigenvalue weighted by atomic mass is 19.1. The first-order valence-corrected chi connectivity index (χ1v) is 11.5. The van der Waals surface area contributed by atoms with Crippen LogP contribution >= 0.6 is 0 Å². The normalized spacial score (nSPS) is 11.3. The number of anilines is 1. The highest BCUT2D eigenvalue weighted by Crippen LogP contribution is 2.36. The molecule has 0 aliphatic rings. The molecule has 3 aromatic heterocycles. The van der Waals surface area contributed by atoms with Gasteiger partial charge in [0.05, 0.1) is 30.3 Å². The van der Waals surface area contributed by atoms with Gasteiger partial charge in [0, 0.05) is 28.1 Å². The number of halogens is 1. The first-order chi connectivity index (χ1) is 18.0. The van der Waals surface area contributed by atoms with Crippen LogP contribution in [0.5, 0.6) is 11.5 Å². The second kappa shape index (κ2) is 8.87. The van der Waals surface area contributed by atoms with Crippen molar-refractivity contribution in [1.29, 1.82) is 0 Å². The Morgan fingerprint density at radius 2 is 1.78 bits per heavy atom. The number of nitrogens with two attached hydrogens (primary N) is 1. The molecule has 0 amide bonds. The fourth-order valence-electron chi connectivity index (χ4n) is 4.57. The number of rotatable bonds is 5. The number of para-hydroxylation sites is 2. The Balaban J connectivity index is 1.58. The number of phenolic OH excluding ortho intramolecular Hbond substituents is 1. The smallest absolute Gasteiger partial charge is 0.164 e. The summed E-state index contributed by atoms with van der Waals surface area (Å²) in [7, 11) is 1.63. The molecule has 0 saturated heterocycles. The van der Waals surface area contributed by atoms with Crippen LogP contribution in [0.3, 0.4) is 0 Å². The summed E-state index contributed by atoms with van der Waals surface area (Å²) in [4.78, 5) is 13.5. The van der Waals surface area contributed by atoms with Gasteiger partial charge < -0.3 is 15.6 Å². The number of nitrogens with zero attached hydrogens (tertiary/aromatic N) is 5. The largest absolute Gasteiger partial charge is 0.508 e. The molecule has 0 fully saturated rings. The van der Waals surface area contributed by atoms with Gasteiger partial charge in [0.25, 0.3) is 0 Å². The third-order valence-electron chi connectivity index (χ3n) is 6.20. The van der Waals surface area contributed by atoms with Gasteiger partial charge in [0.1, 0.15) is 35.2 Å². The number of nitrogen functional groups attached to an aromatic ring is 1. The maximum atomic E-state index is 14.2. The van der Waals surface area contributed by atoms with Gasteiger partial charge in [-0.05, 0) is 36.4 Å². The zero-order valence-electron chi connectivity index (χ0n) is 19.8. The predicted molar refractivity (Wildman–Crippen MR) is 140 cm³/mol. The number of pyridine rings is 1. The molecule has 6 aromatic rings. The van der Waals surface area contributed by atoms with Crippen molar-refractivity contribution in [2.75, 3.05) is 12.8 Å². The van der Waals surface area contributed by atoms with Gasteiger partial charge in [-0.25, -0.2) is 24.0 Å². The summed E-state index contributed by atoms with van der Waals surface area (Å²) in [6.07, 6.45) is 1.36. The van der Waals surface area contributed by atoms with E-state index in [4.69, 9.17) is 20.6 Å². The van der Waals surface area contributed by atoms with Crippen molar-refractivity contribution in [3.8, 4) is 34.0 Å². The first-order valence-electron chi connectivity index (χ1n) is 11.5. The number of fused-ring (bicyclic) bond motifs is 2. The number of aromatic hydroxyl groups is 1. The fourth-order valence-corrected chi connectivity index (χ4v) is 4.57. The first kappa shape index (κ1) is 22.4. The van der Waals surface area contributed by atoms with Gasteiger partial charge in [-0.15, -0.1) is 0 Å². The van der Waals surface area contributed by atoms with Crippen LogP contribution in [0.1, 0.15) is 5.56 Å². The third-order valence-corrected chi connectivity index (χ3v) is 6.20. The lowest BCUT2D eigenvalue weighted by Crippen LogP contribution is -2.06. The van der Waals surface area contributed by atoms with E-state index in [1.54, 1.807) is 11.8 Å². The Labute approximate surface area is 210 Å². The minimum atomic E-state index is -0.592. The molecule has 3 heterocycles. The average Bonchev–Trinajstić information content (AvgIpc) is 3.27. The van der Waals surface area contributed by atoms with Crippen LogP contribution in [0.15, 0.2) is 79.1 Å². The van der Waals surface area contributed by atoms with Crippen molar-refractivity contribution in [3.63, 3.8) is 0 Å². The van der Waals surface area contributed by atoms with Gasteiger partial charge in [0.15, 0.2) is 5.65 Å². The predicted octanol–water partition coefficient (Wildman–Crippen LogP) is 5.19. The Morgan fingerprint density at radius 1 is 0.973 bits per heavy atom. The number of benzene rings is 3. The molecule has 0 atom stereocenters. The second-order valence-corrected chi connectivity index (χ2v) is 8.55. The molecule has 0 bridgehead atoms. The van der Waals surface area contributed by atoms with Crippen LogP contribution in [0.4, 0.5) is 10.2 Å². The number of methoxy groups -OCH3 is 1. The van der Waals surface area contributed by atoms with Crippen molar-refractivity contribution in [2.45, 2.75) is 6.54 Å². The zero-order chi connectivity index (χ0) is 25.5. The average molecular weight is 493 g/mol. The summed E-state index contributed by atoms with van der Waals surface area (Å²) in [5.74, 6) is 0.0894. The minimum Gasteiger partial charge on any atom is -0.508 e. The van der Waals surface area contributed by atoms with Gasteiger partial charge in [0.2, 0.25) is 0 Å². The Kier molecular flexibility index (Phi) is 5.37. The SMILES string of the molecule is COc1ccccc1-c1nc2ccccc2cc1Cn1nc(-c2cc(O)cc(F)c2)c2c(N)ncnc21. The van der Waals surface area contributed by atoms with Crippen LogP contribution in [-0.2, 0) is 6.54 Å². The number of ether oxygens (including phenoxy) is 1. The molecular formula is C28H21FN6O2. The van der Waals surface area contributed by atoms with Gasteiger partial charge in [-0.3, -0.25) is 0 Å². The van der Waals surface area contributed by atoms with E-state index >= 15 is 0 Å². The third kappa shape index (κ3) is 3.96. The molecule has 0 radical (unpaired) electrons. The van der Waals surface area contributed by atoms with Crippen molar-refractivity contribution in [1.82, 2.24) is 24.7 Å². The van der Waals surface area contributed by atoms with Crippen LogP contribution in [0, 0.1) is 5.82 Å². The Hall–Kier alpha value is -5.05. The number of aromatic nitrogens is 5. The van der Waals surface area contributed by atoms with Crippen LogP contribution in [-0.4, -0.2) is 36.9 Å². The summed E-state index contributed by atoms with van der Waals surface area (Å²) in [6.45, 7) is 0.291.